The summed E-state index contributed by atoms with van der Waals surface area (Å²) in [6.45, 7) is 15.8. The summed E-state index contributed by atoms with van der Waals surface area (Å²) in [6.07, 6.45) is 1.43. The van der Waals surface area contributed by atoms with Gasteiger partial charge in [0.05, 0.1) is 5.92 Å². The molecule has 6 nitrogen and oxygen atoms in total. The third-order valence-electron chi connectivity index (χ3n) is 5.70. The Morgan fingerprint density at radius 1 is 0.941 bits per heavy atom. The average Bonchev–Trinajstić information content (AvgIpc) is 2.72. The van der Waals surface area contributed by atoms with Crippen LogP contribution in [-0.4, -0.2) is 16.9 Å². The third kappa shape index (κ3) is 5.22. The lowest BCUT2D eigenvalue weighted by atomic mass is 9.79. The van der Waals surface area contributed by atoms with Gasteiger partial charge in [0.1, 0.15) is 11.3 Å². The molecule has 2 N–H and O–H groups in total. The van der Waals surface area contributed by atoms with Gasteiger partial charge in [-0.3, -0.25) is 14.4 Å². The summed E-state index contributed by atoms with van der Waals surface area (Å²) in [5, 5.41) is 3.36. The molecule has 3 aromatic rings. The minimum absolute atomic E-state index is 0.0131. The molecule has 34 heavy (non-hydrogen) atoms. The summed E-state index contributed by atoms with van der Waals surface area (Å²) in [5.74, 6) is -0.773. The van der Waals surface area contributed by atoms with Gasteiger partial charge in [-0.25, -0.2) is 0 Å². The number of hydrogen-bond acceptors (Lipinski definition) is 4. The molecule has 0 aliphatic carbocycles. The van der Waals surface area contributed by atoms with Crippen LogP contribution < -0.4 is 15.5 Å². The fraction of sp³-hybridized carbons (Fsp3) is 0.393. The topological polar surface area (TPSA) is 88.3 Å². The second kappa shape index (κ2) is 9.09. The van der Waals surface area contributed by atoms with E-state index in [-0.39, 0.29) is 33.7 Å². The van der Waals surface area contributed by atoms with Crippen molar-refractivity contribution in [3.05, 3.63) is 69.5 Å². The van der Waals surface area contributed by atoms with Crippen LogP contribution in [0.5, 0.6) is 5.75 Å². The second-order valence-corrected chi connectivity index (χ2v) is 11.0. The number of benzene rings is 2. The van der Waals surface area contributed by atoms with Gasteiger partial charge in [-0.1, -0.05) is 67.5 Å². The highest BCUT2D eigenvalue weighted by molar-refractivity contribution is 6.06. The highest BCUT2D eigenvalue weighted by Crippen LogP contribution is 2.40. The standard InChI is InChI=1S/C28H34N2O4/c1-16(2)26(33)34-23-14-22(19(27(3,4)5)13-20(23)28(6,7)8)30-25(32)18-15-29-21-12-10-9-11-17(21)24(18)31/h9-16H,1-8H3,(H,29,31)(H,30,32). The van der Waals surface area contributed by atoms with Gasteiger partial charge in [0.2, 0.25) is 5.43 Å². The summed E-state index contributed by atoms with van der Waals surface area (Å²) < 4.78 is 5.75. The van der Waals surface area contributed by atoms with Crippen LogP contribution in [0, 0.1) is 5.92 Å². The molecule has 0 saturated heterocycles. The first-order valence-electron chi connectivity index (χ1n) is 11.5. The van der Waals surface area contributed by atoms with Gasteiger partial charge in [-0.15, -0.1) is 0 Å². The number of para-hydroxylation sites is 1. The summed E-state index contributed by atoms with van der Waals surface area (Å²) in [5.41, 5.74) is 1.96. The predicted octanol–water partition coefficient (Wildman–Crippen LogP) is 5.94. The molecule has 0 atom stereocenters. The van der Waals surface area contributed by atoms with Gasteiger partial charge < -0.3 is 15.0 Å². The number of amides is 1. The molecule has 180 valence electrons. The monoisotopic (exact) mass is 462 g/mol. The van der Waals surface area contributed by atoms with E-state index in [1.54, 1.807) is 38.1 Å². The lowest BCUT2D eigenvalue weighted by Crippen LogP contribution is -2.26. The molecule has 6 heteroatoms. The number of nitrogens with one attached hydrogen (secondary N) is 2. The van der Waals surface area contributed by atoms with E-state index in [4.69, 9.17) is 4.74 Å². The summed E-state index contributed by atoms with van der Waals surface area (Å²) >= 11 is 0. The first-order valence-corrected chi connectivity index (χ1v) is 11.5. The van der Waals surface area contributed by atoms with Gasteiger partial charge >= 0.3 is 5.97 Å². The van der Waals surface area contributed by atoms with Crippen LogP contribution in [-0.2, 0) is 15.6 Å². The number of fused-ring (bicyclic) bond motifs is 1. The molecule has 1 heterocycles. The molecule has 1 amide bonds. The molecule has 3 rings (SSSR count). The van der Waals surface area contributed by atoms with Gasteiger partial charge in [-0.2, -0.15) is 0 Å². The summed E-state index contributed by atoms with van der Waals surface area (Å²) in [6, 6.07) is 10.8. The normalized spacial score (nSPS) is 12.1. The zero-order valence-corrected chi connectivity index (χ0v) is 21.3. The Balaban J connectivity index is 2.14. The number of aromatic amines is 1. The Kier molecular flexibility index (Phi) is 6.74. The molecule has 0 aliphatic heterocycles. The van der Waals surface area contributed by atoms with E-state index in [9.17, 15) is 14.4 Å². The van der Waals surface area contributed by atoms with Crippen molar-refractivity contribution in [1.29, 1.82) is 0 Å². The number of H-pyrrole nitrogens is 1. The molecular formula is C28H34N2O4. The molecule has 0 bridgehead atoms. The van der Waals surface area contributed by atoms with Crippen molar-refractivity contribution in [3.63, 3.8) is 0 Å². The SMILES string of the molecule is CC(C)C(=O)Oc1cc(NC(=O)c2c[nH]c3ccccc3c2=O)c(C(C)(C)C)cc1C(C)(C)C. The lowest BCUT2D eigenvalue weighted by molar-refractivity contribution is -0.137. The number of hydrogen-bond donors (Lipinski definition) is 2. The van der Waals surface area contributed by atoms with Gasteiger partial charge in [-0.05, 0) is 34.6 Å². The average molecular weight is 463 g/mol. The van der Waals surface area contributed by atoms with Crippen LogP contribution in [0.3, 0.4) is 0 Å². The highest BCUT2D eigenvalue weighted by Gasteiger charge is 2.28. The van der Waals surface area contributed by atoms with Crippen molar-refractivity contribution in [1.82, 2.24) is 4.98 Å². The first-order chi connectivity index (χ1) is 15.7. The van der Waals surface area contributed by atoms with Crippen molar-refractivity contribution in [3.8, 4) is 5.75 Å². The maximum atomic E-state index is 13.2. The van der Waals surface area contributed by atoms with Crippen molar-refractivity contribution >= 4 is 28.5 Å². The van der Waals surface area contributed by atoms with Crippen molar-refractivity contribution in [2.45, 2.75) is 66.2 Å². The zero-order chi connectivity index (χ0) is 25.4. The first kappa shape index (κ1) is 25.2. The van der Waals surface area contributed by atoms with E-state index in [0.29, 0.717) is 22.3 Å². The van der Waals surface area contributed by atoms with Crippen LogP contribution in [0.4, 0.5) is 5.69 Å². The van der Waals surface area contributed by atoms with Crippen LogP contribution in [0.25, 0.3) is 10.9 Å². The lowest BCUT2D eigenvalue weighted by Gasteiger charge is -2.29. The molecule has 0 radical (unpaired) electrons. The number of ether oxygens (including phenoxy) is 1. The fourth-order valence-corrected chi connectivity index (χ4v) is 3.73. The molecule has 0 fully saturated rings. The molecule has 0 spiro atoms. The van der Waals surface area contributed by atoms with Crippen LogP contribution in [0.1, 0.15) is 76.9 Å². The third-order valence-corrected chi connectivity index (χ3v) is 5.70. The molecule has 0 aliphatic rings. The van der Waals surface area contributed by atoms with E-state index in [0.717, 1.165) is 11.1 Å². The van der Waals surface area contributed by atoms with Crippen molar-refractivity contribution in [2.24, 2.45) is 5.92 Å². The van der Waals surface area contributed by atoms with Crippen molar-refractivity contribution < 1.29 is 14.3 Å². The number of aromatic nitrogens is 1. The zero-order valence-electron chi connectivity index (χ0n) is 21.3. The van der Waals surface area contributed by atoms with E-state index < -0.39 is 5.91 Å². The Labute approximate surface area is 200 Å². The second-order valence-electron chi connectivity index (χ2n) is 11.0. The Morgan fingerprint density at radius 2 is 1.56 bits per heavy atom. The predicted molar refractivity (Wildman–Crippen MR) is 137 cm³/mol. The Bertz CT molecular complexity index is 1300. The maximum absolute atomic E-state index is 13.2. The smallest absolute Gasteiger partial charge is 0.313 e. The number of pyridine rings is 1. The fourth-order valence-electron chi connectivity index (χ4n) is 3.73. The van der Waals surface area contributed by atoms with Gasteiger partial charge in [0, 0.05) is 34.4 Å². The number of anilines is 1. The minimum Gasteiger partial charge on any atom is -0.426 e. The van der Waals surface area contributed by atoms with Gasteiger partial charge in [0.15, 0.2) is 0 Å². The van der Waals surface area contributed by atoms with E-state index in [1.807, 2.05) is 53.7 Å². The Morgan fingerprint density at radius 3 is 2.15 bits per heavy atom. The molecule has 2 aromatic carbocycles. The number of esters is 1. The number of rotatable bonds is 4. The largest absolute Gasteiger partial charge is 0.426 e. The number of carbonyl (C=O) groups is 2. The maximum Gasteiger partial charge on any atom is 0.313 e. The minimum atomic E-state index is -0.526. The van der Waals surface area contributed by atoms with E-state index in [1.165, 1.54) is 6.20 Å². The molecule has 0 unspecified atom stereocenters. The molecular weight excluding hydrogens is 428 g/mol. The molecule has 0 saturated carbocycles. The van der Waals surface area contributed by atoms with E-state index in [2.05, 4.69) is 10.3 Å². The number of carbonyl (C=O) groups excluding carboxylic acids is 2. The molecule has 1 aromatic heterocycles. The van der Waals surface area contributed by atoms with Crippen LogP contribution >= 0.6 is 0 Å². The summed E-state index contributed by atoms with van der Waals surface area (Å²) in [4.78, 5) is 41.7. The van der Waals surface area contributed by atoms with Gasteiger partial charge in [0.25, 0.3) is 5.91 Å². The van der Waals surface area contributed by atoms with Crippen molar-refractivity contribution in [2.75, 3.05) is 5.32 Å². The Hall–Kier alpha value is -3.41. The highest BCUT2D eigenvalue weighted by atomic mass is 16.5. The van der Waals surface area contributed by atoms with Crippen LogP contribution in [0.15, 0.2) is 47.4 Å². The quantitative estimate of drug-likeness (QED) is 0.371. The van der Waals surface area contributed by atoms with E-state index >= 15 is 0 Å². The summed E-state index contributed by atoms with van der Waals surface area (Å²) in [7, 11) is 0. The van der Waals surface area contributed by atoms with Crippen LogP contribution in [0.2, 0.25) is 0 Å².